The van der Waals surface area contributed by atoms with Crippen LogP contribution >= 0.6 is 23.2 Å². The van der Waals surface area contributed by atoms with E-state index < -0.39 is 0 Å². The van der Waals surface area contributed by atoms with Gasteiger partial charge in [0.05, 0.1) is 6.42 Å². The molecule has 7 heteroatoms. The van der Waals surface area contributed by atoms with Gasteiger partial charge in [-0.3, -0.25) is 9.59 Å². The van der Waals surface area contributed by atoms with Crippen molar-refractivity contribution in [1.82, 2.24) is 9.80 Å². The average Bonchev–Trinajstić information content (AvgIpc) is 3.12. The molecule has 0 spiro atoms. The Balaban J connectivity index is 1.54. The standard InChI is InChI=1S/C17H20Cl2N2O3/c18-13-3-1-4-14(19)12(13)11-16(22)20-6-8-21(9-7-20)17(23)15-5-2-10-24-15/h1,3-4,15H,2,5-11H2/t15-/m1/s1. The SMILES string of the molecule is O=C(Cc1c(Cl)cccc1Cl)N1CCN(C(=O)[C@H]2CCCO2)CC1. The smallest absolute Gasteiger partial charge is 0.251 e. The second kappa shape index (κ2) is 7.72. The highest BCUT2D eigenvalue weighted by atomic mass is 35.5. The van der Waals surface area contributed by atoms with Crippen molar-refractivity contribution in [1.29, 1.82) is 0 Å². The Kier molecular flexibility index (Phi) is 5.64. The van der Waals surface area contributed by atoms with E-state index in [2.05, 4.69) is 0 Å². The van der Waals surface area contributed by atoms with E-state index in [0.29, 0.717) is 48.4 Å². The molecule has 2 heterocycles. The zero-order chi connectivity index (χ0) is 17.1. The van der Waals surface area contributed by atoms with Gasteiger partial charge in [-0.15, -0.1) is 0 Å². The third-order valence-electron chi connectivity index (χ3n) is 4.54. The van der Waals surface area contributed by atoms with Gasteiger partial charge in [0, 0.05) is 42.8 Å². The number of ether oxygens (including phenoxy) is 1. The molecule has 2 fully saturated rings. The van der Waals surface area contributed by atoms with Crippen LogP contribution in [0.3, 0.4) is 0 Å². The highest BCUT2D eigenvalue weighted by Crippen LogP contribution is 2.25. The summed E-state index contributed by atoms with van der Waals surface area (Å²) in [5, 5.41) is 1.01. The molecule has 0 aliphatic carbocycles. The lowest BCUT2D eigenvalue weighted by Crippen LogP contribution is -2.53. The molecule has 2 aliphatic heterocycles. The van der Waals surface area contributed by atoms with Crippen molar-refractivity contribution in [3.05, 3.63) is 33.8 Å². The van der Waals surface area contributed by atoms with Crippen molar-refractivity contribution < 1.29 is 14.3 Å². The number of nitrogens with zero attached hydrogens (tertiary/aromatic N) is 2. The van der Waals surface area contributed by atoms with Crippen LogP contribution in [0.5, 0.6) is 0 Å². The van der Waals surface area contributed by atoms with E-state index >= 15 is 0 Å². The molecule has 0 radical (unpaired) electrons. The zero-order valence-corrected chi connectivity index (χ0v) is 14.9. The Hall–Kier alpha value is -1.30. The van der Waals surface area contributed by atoms with Crippen LogP contribution in [0, 0.1) is 0 Å². The highest BCUT2D eigenvalue weighted by Gasteiger charge is 2.31. The van der Waals surface area contributed by atoms with Gasteiger partial charge in [-0.25, -0.2) is 0 Å². The number of piperazine rings is 1. The highest BCUT2D eigenvalue weighted by molar-refractivity contribution is 6.36. The topological polar surface area (TPSA) is 49.9 Å². The number of benzene rings is 1. The van der Waals surface area contributed by atoms with Gasteiger partial charge in [0.25, 0.3) is 5.91 Å². The Bertz CT molecular complexity index is 604. The summed E-state index contributed by atoms with van der Waals surface area (Å²) in [6, 6.07) is 5.22. The molecule has 130 valence electrons. The van der Waals surface area contributed by atoms with E-state index in [1.807, 2.05) is 0 Å². The molecule has 2 saturated heterocycles. The second-order valence-electron chi connectivity index (χ2n) is 6.08. The van der Waals surface area contributed by atoms with Crippen LogP contribution in [-0.2, 0) is 20.7 Å². The first kappa shape index (κ1) is 17.5. The summed E-state index contributed by atoms with van der Waals surface area (Å²) in [5.74, 6) is 0.0305. The minimum absolute atomic E-state index is 0.0192. The number of halogens is 2. The summed E-state index contributed by atoms with van der Waals surface area (Å²) in [7, 11) is 0. The van der Waals surface area contributed by atoms with E-state index in [1.165, 1.54) is 0 Å². The van der Waals surface area contributed by atoms with Crippen molar-refractivity contribution in [3.8, 4) is 0 Å². The summed E-state index contributed by atoms with van der Waals surface area (Å²) < 4.78 is 5.45. The predicted octanol–water partition coefficient (Wildman–Crippen LogP) is 2.39. The normalized spacial score (nSPS) is 21.2. The molecule has 1 aromatic rings. The molecule has 24 heavy (non-hydrogen) atoms. The predicted molar refractivity (Wildman–Crippen MR) is 92.3 cm³/mol. The van der Waals surface area contributed by atoms with Gasteiger partial charge in [0.2, 0.25) is 5.91 Å². The molecule has 0 N–H and O–H groups in total. The van der Waals surface area contributed by atoms with Crippen LogP contribution in [0.4, 0.5) is 0 Å². The van der Waals surface area contributed by atoms with Gasteiger partial charge in [-0.2, -0.15) is 0 Å². The number of hydrogen-bond donors (Lipinski definition) is 0. The van der Waals surface area contributed by atoms with Crippen LogP contribution < -0.4 is 0 Å². The third kappa shape index (κ3) is 3.85. The lowest BCUT2D eigenvalue weighted by molar-refractivity contribution is -0.145. The molecule has 0 saturated carbocycles. The Labute approximate surface area is 151 Å². The summed E-state index contributed by atoms with van der Waals surface area (Å²) in [4.78, 5) is 28.4. The summed E-state index contributed by atoms with van der Waals surface area (Å²) >= 11 is 12.3. The molecule has 0 unspecified atom stereocenters. The van der Waals surface area contributed by atoms with Crippen LogP contribution in [-0.4, -0.2) is 60.5 Å². The number of carbonyl (C=O) groups excluding carboxylic acids is 2. The first-order chi connectivity index (χ1) is 11.6. The minimum Gasteiger partial charge on any atom is -0.368 e. The first-order valence-corrected chi connectivity index (χ1v) is 8.93. The Morgan fingerprint density at radius 2 is 1.71 bits per heavy atom. The number of carbonyl (C=O) groups is 2. The molecular formula is C17H20Cl2N2O3. The van der Waals surface area contributed by atoms with Crippen LogP contribution in [0.15, 0.2) is 18.2 Å². The molecule has 3 rings (SSSR count). The fourth-order valence-corrected chi connectivity index (χ4v) is 3.65. The lowest BCUT2D eigenvalue weighted by atomic mass is 10.1. The maximum atomic E-state index is 12.5. The van der Waals surface area contributed by atoms with Gasteiger partial charge in [-0.1, -0.05) is 29.3 Å². The van der Waals surface area contributed by atoms with Crippen molar-refractivity contribution in [2.24, 2.45) is 0 Å². The number of amides is 2. The monoisotopic (exact) mass is 370 g/mol. The average molecular weight is 371 g/mol. The summed E-state index contributed by atoms with van der Waals surface area (Å²) in [5.41, 5.74) is 0.656. The van der Waals surface area contributed by atoms with Crippen LogP contribution in [0.25, 0.3) is 0 Å². The maximum absolute atomic E-state index is 12.5. The molecule has 5 nitrogen and oxygen atoms in total. The third-order valence-corrected chi connectivity index (χ3v) is 5.25. The zero-order valence-electron chi connectivity index (χ0n) is 13.3. The second-order valence-corrected chi connectivity index (χ2v) is 6.90. The number of rotatable bonds is 3. The maximum Gasteiger partial charge on any atom is 0.251 e. The van der Waals surface area contributed by atoms with E-state index in [0.717, 1.165) is 12.8 Å². The van der Waals surface area contributed by atoms with Crippen LogP contribution in [0.1, 0.15) is 18.4 Å². The Morgan fingerprint density at radius 3 is 2.29 bits per heavy atom. The van der Waals surface area contributed by atoms with Crippen molar-refractivity contribution >= 4 is 35.0 Å². The van der Waals surface area contributed by atoms with Gasteiger partial charge in [-0.05, 0) is 30.5 Å². The lowest BCUT2D eigenvalue weighted by Gasteiger charge is -2.35. The fraction of sp³-hybridized carbons (Fsp3) is 0.529. The quantitative estimate of drug-likeness (QED) is 0.820. The summed E-state index contributed by atoms with van der Waals surface area (Å²) in [6.45, 7) is 2.80. The molecule has 1 aromatic carbocycles. The van der Waals surface area contributed by atoms with Gasteiger partial charge < -0.3 is 14.5 Å². The van der Waals surface area contributed by atoms with E-state index in [1.54, 1.807) is 28.0 Å². The van der Waals surface area contributed by atoms with Crippen molar-refractivity contribution in [3.63, 3.8) is 0 Å². The molecule has 0 aromatic heterocycles. The van der Waals surface area contributed by atoms with Crippen LogP contribution in [0.2, 0.25) is 10.0 Å². The van der Waals surface area contributed by atoms with E-state index in [9.17, 15) is 9.59 Å². The Morgan fingerprint density at radius 1 is 1.08 bits per heavy atom. The first-order valence-electron chi connectivity index (χ1n) is 8.17. The van der Waals surface area contributed by atoms with Crippen molar-refractivity contribution in [2.75, 3.05) is 32.8 Å². The number of hydrogen-bond acceptors (Lipinski definition) is 3. The molecule has 2 aliphatic rings. The molecular weight excluding hydrogens is 351 g/mol. The molecule has 0 bridgehead atoms. The van der Waals surface area contributed by atoms with Gasteiger partial charge in [0.1, 0.15) is 6.10 Å². The molecule has 2 amide bonds. The van der Waals surface area contributed by atoms with E-state index in [-0.39, 0.29) is 24.3 Å². The fourth-order valence-electron chi connectivity index (χ4n) is 3.12. The van der Waals surface area contributed by atoms with Gasteiger partial charge in [0.15, 0.2) is 0 Å². The minimum atomic E-state index is -0.297. The van der Waals surface area contributed by atoms with Crippen molar-refractivity contribution in [2.45, 2.75) is 25.4 Å². The molecule has 1 atom stereocenters. The summed E-state index contributed by atoms with van der Waals surface area (Å²) in [6.07, 6.45) is 1.61. The van der Waals surface area contributed by atoms with Gasteiger partial charge >= 0.3 is 0 Å². The largest absolute Gasteiger partial charge is 0.368 e. The van der Waals surface area contributed by atoms with E-state index in [4.69, 9.17) is 27.9 Å².